The van der Waals surface area contributed by atoms with Gasteiger partial charge in [-0.1, -0.05) is 13.8 Å². The number of amides is 3. The SMILES string of the molecule is CCC(CC)C(=O)N1CCN(C(=O)c2ccc3c(c2)CC(=O)N3C)CC1. The van der Waals surface area contributed by atoms with Gasteiger partial charge in [0, 0.05) is 50.4 Å². The van der Waals surface area contributed by atoms with Crippen LogP contribution in [0, 0.1) is 5.92 Å². The molecule has 0 radical (unpaired) electrons. The molecule has 0 saturated carbocycles. The molecule has 0 aromatic heterocycles. The smallest absolute Gasteiger partial charge is 0.253 e. The normalized spacial score (nSPS) is 17.1. The molecule has 0 bridgehead atoms. The summed E-state index contributed by atoms with van der Waals surface area (Å²) in [6, 6.07) is 5.47. The molecular weight excluding hydrogens is 330 g/mol. The molecule has 2 aliphatic rings. The number of hydrogen-bond donors (Lipinski definition) is 0. The molecule has 2 heterocycles. The second-order valence-corrected chi connectivity index (χ2v) is 7.10. The lowest BCUT2D eigenvalue weighted by atomic mass is 10.0. The largest absolute Gasteiger partial charge is 0.339 e. The van der Waals surface area contributed by atoms with Crippen molar-refractivity contribution in [3.05, 3.63) is 29.3 Å². The Morgan fingerprint density at radius 1 is 1.04 bits per heavy atom. The van der Waals surface area contributed by atoms with Crippen molar-refractivity contribution < 1.29 is 14.4 Å². The van der Waals surface area contributed by atoms with Gasteiger partial charge in [0.25, 0.3) is 5.91 Å². The lowest BCUT2D eigenvalue weighted by molar-refractivity contribution is -0.137. The van der Waals surface area contributed by atoms with Gasteiger partial charge in [-0.15, -0.1) is 0 Å². The molecule has 0 spiro atoms. The summed E-state index contributed by atoms with van der Waals surface area (Å²) in [4.78, 5) is 42.4. The maximum absolute atomic E-state index is 12.8. The average Bonchev–Trinajstić information content (AvgIpc) is 2.95. The molecule has 2 aliphatic heterocycles. The standard InChI is InChI=1S/C20H27N3O3/c1-4-14(5-2)19(25)22-8-10-23(11-9-22)20(26)15-6-7-17-16(12-15)13-18(24)21(17)3/h6-7,12,14H,4-5,8-11,13H2,1-3H3. The highest BCUT2D eigenvalue weighted by molar-refractivity contribution is 6.03. The Balaban J connectivity index is 1.64. The highest BCUT2D eigenvalue weighted by Gasteiger charge is 2.29. The van der Waals surface area contributed by atoms with E-state index in [9.17, 15) is 14.4 Å². The molecule has 0 unspecified atom stereocenters. The molecule has 140 valence electrons. The Kier molecular flexibility index (Phi) is 5.30. The van der Waals surface area contributed by atoms with Gasteiger partial charge < -0.3 is 14.7 Å². The molecule has 0 N–H and O–H groups in total. The van der Waals surface area contributed by atoms with Gasteiger partial charge in [0.05, 0.1) is 6.42 Å². The van der Waals surface area contributed by atoms with Crippen LogP contribution in [0.15, 0.2) is 18.2 Å². The molecule has 26 heavy (non-hydrogen) atoms. The number of likely N-dealkylation sites (N-methyl/N-ethyl adjacent to an activating group) is 1. The fourth-order valence-corrected chi connectivity index (χ4v) is 3.81. The maximum Gasteiger partial charge on any atom is 0.253 e. The van der Waals surface area contributed by atoms with Crippen molar-refractivity contribution in [1.82, 2.24) is 9.80 Å². The molecule has 1 fully saturated rings. The van der Waals surface area contributed by atoms with Gasteiger partial charge in [-0.25, -0.2) is 0 Å². The number of fused-ring (bicyclic) bond motifs is 1. The van der Waals surface area contributed by atoms with Crippen LogP contribution in [-0.2, 0) is 16.0 Å². The first-order valence-corrected chi connectivity index (χ1v) is 9.43. The predicted molar refractivity (Wildman–Crippen MR) is 100 cm³/mol. The summed E-state index contributed by atoms with van der Waals surface area (Å²) in [5, 5.41) is 0. The van der Waals surface area contributed by atoms with Gasteiger partial charge in [0.1, 0.15) is 0 Å². The van der Waals surface area contributed by atoms with E-state index in [0.29, 0.717) is 38.2 Å². The van der Waals surface area contributed by atoms with Crippen LogP contribution in [0.25, 0.3) is 0 Å². The summed E-state index contributed by atoms with van der Waals surface area (Å²) in [7, 11) is 1.76. The van der Waals surface area contributed by atoms with Crippen molar-refractivity contribution in [2.75, 3.05) is 38.1 Å². The minimum Gasteiger partial charge on any atom is -0.339 e. The molecule has 6 nitrogen and oxygen atoms in total. The first-order chi connectivity index (χ1) is 12.5. The van der Waals surface area contributed by atoms with Gasteiger partial charge >= 0.3 is 0 Å². The van der Waals surface area contributed by atoms with E-state index in [2.05, 4.69) is 0 Å². The van der Waals surface area contributed by atoms with Crippen molar-refractivity contribution in [2.45, 2.75) is 33.1 Å². The van der Waals surface area contributed by atoms with Gasteiger partial charge in [0.2, 0.25) is 11.8 Å². The summed E-state index contributed by atoms with van der Waals surface area (Å²) in [5.74, 6) is 0.326. The second kappa shape index (κ2) is 7.48. The lowest BCUT2D eigenvalue weighted by Crippen LogP contribution is -2.51. The number of anilines is 1. The molecule has 3 amide bonds. The molecule has 0 aliphatic carbocycles. The monoisotopic (exact) mass is 357 g/mol. The zero-order valence-corrected chi connectivity index (χ0v) is 15.8. The van der Waals surface area contributed by atoms with E-state index in [-0.39, 0.29) is 23.6 Å². The van der Waals surface area contributed by atoms with Crippen LogP contribution in [0.5, 0.6) is 0 Å². The average molecular weight is 357 g/mol. The Morgan fingerprint density at radius 3 is 2.27 bits per heavy atom. The van der Waals surface area contributed by atoms with E-state index in [1.807, 2.05) is 30.9 Å². The Hall–Kier alpha value is -2.37. The van der Waals surface area contributed by atoms with E-state index in [4.69, 9.17) is 0 Å². The van der Waals surface area contributed by atoms with Gasteiger partial charge in [-0.05, 0) is 36.6 Å². The van der Waals surface area contributed by atoms with Crippen LogP contribution in [-0.4, -0.2) is 60.7 Å². The lowest BCUT2D eigenvalue weighted by Gasteiger charge is -2.36. The third-order valence-corrected chi connectivity index (χ3v) is 5.62. The number of rotatable bonds is 4. The first kappa shape index (κ1) is 18.4. The van der Waals surface area contributed by atoms with Crippen LogP contribution in [0.3, 0.4) is 0 Å². The minimum absolute atomic E-state index is 0.0237. The summed E-state index contributed by atoms with van der Waals surface area (Å²) in [5.41, 5.74) is 2.41. The van der Waals surface area contributed by atoms with Gasteiger partial charge in [-0.3, -0.25) is 14.4 Å². The highest BCUT2D eigenvalue weighted by Crippen LogP contribution is 2.28. The number of nitrogens with zero attached hydrogens (tertiary/aromatic N) is 3. The van der Waals surface area contributed by atoms with Crippen LogP contribution in [0.4, 0.5) is 5.69 Å². The molecule has 6 heteroatoms. The summed E-state index contributed by atoms with van der Waals surface area (Å²) < 4.78 is 0. The molecule has 0 atom stereocenters. The van der Waals surface area contributed by atoms with Crippen molar-refractivity contribution in [3.63, 3.8) is 0 Å². The van der Waals surface area contributed by atoms with E-state index < -0.39 is 0 Å². The molecule has 1 aromatic rings. The molecule has 3 rings (SSSR count). The number of carbonyl (C=O) groups excluding carboxylic acids is 3. The quantitative estimate of drug-likeness (QED) is 0.827. The number of hydrogen-bond acceptors (Lipinski definition) is 3. The number of carbonyl (C=O) groups is 3. The zero-order valence-electron chi connectivity index (χ0n) is 15.8. The fraction of sp³-hybridized carbons (Fsp3) is 0.550. The number of piperazine rings is 1. The van der Waals surface area contributed by atoms with Gasteiger partial charge in [-0.2, -0.15) is 0 Å². The highest BCUT2D eigenvalue weighted by atomic mass is 16.2. The van der Waals surface area contributed by atoms with Crippen molar-refractivity contribution in [2.24, 2.45) is 5.92 Å². The van der Waals surface area contributed by atoms with E-state index in [1.54, 1.807) is 22.9 Å². The second-order valence-electron chi connectivity index (χ2n) is 7.10. The third-order valence-electron chi connectivity index (χ3n) is 5.62. The fourth-order valence-electron chi connectivity index (χ4n) is 3.81. The number of benzene rings is 1. The first-order valence-electron chi connectivity index (χ1n) is 9.43. The maximum atomic E-state index is 12.8. The predicted octanol–water partition coefficient (Wildman–Crippen LogP) is 1.93. The molecular formula is C20H27N3O3. The topological polar surface area (TPSA) is 60.9 Å². The molecule has 1 saturated heterocycles. The minimum atomic E-state index is -0.0237. The van der Waals surface area contributed by atoms with Crippen LogP contribution >= 0.6 is 0 Å². The van der Waals surface area contributed by atoms with E-state index in [0.717, 1.165) is 24.1 Å². The Morgan fingerprint density at radius 2 is 1.65 bits per heavy atom. The van der Waals surface area contributed by atoms with Crippen molar-refractivity contribution in [3.8, 4) is 0 Å². The molecule has 1 aromatic carbocycles. The van der Waals surface area contributed by atoms with Crippen LogP contribution in [0.1, 0.15) is 42.6 Å². The van der Waals surface area contributed by atoms with E-state index in [1.165, 1.54) is 0 Å². The Bertz CT molecular complexity index is 719. The van der Waals surface area contributed by atoms with Crippen molar-refractivity contribution >= 4 is 23.4 Å². The summed E-state index contributed by atoms with van der Waals surface area (Å²) in [6.07, 6.45) is 2.07. The van der Waals surface area contributed by atoms with Crippen LogP contribution < -0.4 is 4.90 Å². The van der Waals surface area contributed by atoms with Crippen molar-refractivity contribution in [1.29, 1.82) is 0 Å². The van der Waals surface area contributed by atoms with E-state index >= 15 is 0 Å². The Labute approximate surface area is 154 Å². The zero-order chi connectivity index (χ0) is 18.8. The summed E-state index contributed by atoms with van der Waals surface area (Å²) in [6.45, 7) is 6.38. The third kappa shape index (κ3) is 3.32. The summed E-state index contributed by atoms with van der Waals surface area (Å²) >= 11 is 0. The van der Waals surface area contributed by atoms with Gasteiger partial charge in [0.15, 0.2) is 0 Å². The van der Waals surface area contributed by atoms with Crippen LogP contribution in [0.2, 0.25) is 0 Å².